The lowest BCUT2D eigenvalue weighted by molar-refractivity contribution is -0.139. The Kier molecular flexibility index (Phi) is 6.97. The molecule has 28 heavy (non-hydrogen) atoms. The number of nitrogens with one attached hydrogen (secondary N) is 2. The Bertz CT molecular complexity index is 742. The van der Waals surface area contributed by atoms with E-state index in [1.807, 2.05) is 12.1 Å². The minimum Gasteiger partial charge on any atom is -0.463 e. The first kappa shape index (κ1) is 20.7. The van der Waals surface area contributed by atoms with Gasteiger partial charge in [0.25, 0.3) is 0 Å². The monoisotopic (exact) mass is 405 g/mol. The van der Waals surface area contributed by atoms with Crippen LogP contribution in [0.2, 0.25) is 5.02 Å². The molecule has 1 aromatic rings. The number of ether oxygens (including phenoxy) is 1. The fraction of sp³-hybridized carbons (Fsp3) is 0.524. The van der Waals surface area contributed by atoms with Gasteiger partial charge in [-0.15, -0.1) is 0 Å². The molecule has 1 aromatic carbocycles. The number of likely N-dealkylation sites (N-methyl/N-ethyl adjacent to an activating group) is 1. The van der Waals surface area contributed by atoms with Crippen LogP contribution in [-0.4, -0.2) is 43.1 Å². The first-order valence-corrected chi connectivity index (χ1v) is 10.3. The van der Waals surface area contributed by atoms with Crippen molar-refractivity contribution >= 4 is 23.6 Å². The van der Waals surface area contributed by atoms with Gasteiger partial charge in [0.05, 0.1) is 18.2 Å². The Hall–Kier alpha value is -2.05. The van der Waals surface area contributed by atoms with Crippen molar-refractivity contribution < 1.29 is 14.3 Å². The molecule has 7 heteroatoms. The van der Waals surface area contributed by atoms with Gasteiger partial charge in [0.2, 0.25) is 0 Å². The third-order valence-electron chi connectivity index (χ3n) is 5.46. The standard InChI is InChI=1S/C21H28ClN3O3/c1-3-28-20(26)18-17(13-25(2)16-7-5-4-6-8-16)23-21(27)24-19(18)14-9-11-15(22)12-10-14/h9-12,16,19H,3-8,13H2,1-2H3,(H2,23,24,27)/t19-/m1/s1. The number of carbonyl (C=O) groups is 2. The molecule has 0 aromatic heterocycles. The van der Waals surface area contributed by atoms with Crippen molar-refractivity contribution in [2.75, 3.05) is 20.2 Å². The predicted octanol–water partition coefficient (Wildman–Crippen LogP) is 3.78. The van der Waals surface area contributed by atoms with Crippen LogP contribution >= 0.6 is 11.6 Å². The maximum atomic E-state index is 12.8. The first-order chi connectivity index (χ1) is 13.5. The van der Waals surface area contributed by atoms with Crippen molar-refractivity contribution in [1.29, 1.82) is 0 Å². The summed E-state index contributed by atoms with van der Waals surface area (Å²) in [6.07, 6.45) is 6.01. The maximum absolute atomic E-state index is 12.8. The van der Waals surface area contributed by atoms with E-state index < -0.39 is 12.0 Å². The van der Waals surface area contributed by atoms with Crippen molar-refractivity contribution in [2.24, 2.45) is 0 Å². The normalized spacial score (nSPS) is 20.7. The zero-order valence-electron chi connectivity index (χ0n) is 16.5. The van der Waals surface area contributed by atoms with Crippen LogP contribution in [-0.2, 0) is 9.53 Å². The van der Waals surface area contributed by atoms with Crippen molar-refractivity contribution in [1.82, 2.24) is 15.5 Å². The number of rotatable bonds is 6. The number of hydrogen-bond donors (Lipinski definition) is 2. The summed E-state index contributed by atoms with van der Waals surface area (Å²) < 4.78 is 5.32. The summed E-state index contributed by atoms with van der Waals surface area (Å²) in [5, 5.41) is 6.30. The van der Waals surface area contributed by atoms with E-state index in [4.69, 9.17) is 16.3 Å². The molecule has 0 spiro atoms. The molecular formula is C21H28ClN3O3. The first-order valence-electron chi connectivity index (χ1n) is 9.93. The summed E-state index contributed by atoms with van der Waals surface area (Å²) in [7, 11) is 2.05. The smallest absolute Gasteiger partial charge is 0.338 e. The van der Waals surface area contributed by atoms with E-state index in [0.717, 1.165) is 18.4 Å². The average Bonchev–Trinajstić information content (AvgIpc) is 2.69. The number of amides is 2. The van der Waals surface area contributed by atoms with Crippen LogP contribution in [0.5, 0.6) is 0 Å². The van der Waals surface area contributed by atoms with Gasteiger partial charge in [-0.3, -0.25) is 4.90 Å². The quantitative estimate of drug-likeness (QED) is 0.706. The highest BCUT2D eigenvalue weighted by atomic mass is 35.5. The molecule has 6 nitrogen and oxygen atoms in total. The van der Waals surface area contributed by atoms with E-state index in [9.17, 15) is 9.59 Å². The van der Waals surface area contributed by atoms with Gasteiger partial charge in [0.15, 0.2) is 0 Å². The number of esters is 1. The molecule has 0 unspecified atom stereocenters. The average molecular weight is 406 g/mol. The zero-order chi connectivity index (χ0) is 20.1. The van der Waals surface area contributed by atoms with E-state index in [-0.39, 0.29) is 12.6 Å². The Morgan fingerprint density at radius 3 is 2.54 bits per heavy atom. The summed E-state index contributed by atoms with van der Waals surface area (Å²) in [5.74, 6) is -0.415. The highest BCUT2D eigenvalue weighted by Gasteiger charge is 2.34. The molecule has 2 aliphatic rings. The molecule has 0 saturated heterocycles. The SMILES string of the molecule is CCOC(=O)C1=C(CN(C)C2CCCCC2)NC(=O)N[C@@H]1c1ccc(Cl)cc1. The van der Waals surface area contributed by atoms with Crippen LogP contribution in [0.4, 0.5) is 4.79 Å². The third kappa shape index (κ3) is 4.86. The minimum absolute atomic E-state index is 0.273. The van der Waals surface area contributed by atoms with Crippen LogP contribution in [0.1, 0.15) is 50.6 Å². The summed E-state index contributed by atoms with van der Waals surface area (Å²) in [6.45, 7) is 2.55. The van der Waals surface area contributed by atoms with Gasteiger partial charge in [-0.25, -0.2) is 9.59 Å². The van der Waals surface area contributed by atoms with E-state index >= 15 is 0 Å². The van der Waals surface area contributed by atoms with Gasteiger partial charge in [0.1, 0.15) is 0 Å². The molecule has 0 radical (unpaired) electrons. The predicted molar refractivity (Wildman–Crippen MR) is 109 cm³/mol. The number of benzene rings is 1. The molecule has 1 heterocycles. The molecule has 3 rings (SSSR count). The molecule has 1 aliphatic carbocycles. The highest BCUT2D eigenvalue weighted by molar-refractivity contribution is 6.30. The van der Waals surface area contributed by atoms with Gasteiger partial charge in [-0.1, -0.05) is 43.0 Å². The number of hydrogen-bond acceptors (Lipinski definition) is 4. The topological polar surface area (TPSA) is 70.7 Å². The Balaban J connectivity index is 1.94. The summed E-state index contributed by atoms with van der Waals surface area (Å²) in [6, 6.07) is 6.72. The largest absolute Gasteiger partial charge is 0.463 e. The molecule has 2 amide bonds. The van der Waals surface area contributed by atoms with Crippen LogP contribution in [0.25, 0.3) is 0 Å². The molecule has 2 N–H and O–H groups in total. The number of halogens is 1. The molecule has 1 atom stereocenters. The minimum atomic E-state index is -0.570. The Morgan fingerprint density at radius 1 is 1.21 bits per heavy atom. The molecule has 1 fully saturated rings. The maximum Gasteiger partial charge on any atom is 0.338 e. The van der Waals surface area contributed by atoms with Crippen molar-refractivity contribution in [2.45, 2.75) is 51.1 Å². The number of nitrogens with zero attached hydrogens (tertiary/aromatic N) is 1. The lowest BCUT2D eigenvalue weighted by Gasteiger charge is -2.35. The van der Waals surface area contributed by atoms with E-state index in [1.54, 1.807) is 19.1 Å². The molecule has 0 bridgehead atoms. The second kappa shape index (κ2) is 9.43. The lowest BCUT2D eigenvalue weighted by Crippen LogP contribution is -2.49. The van der Waals surface area contributed by atoms with Gasteiger partial charge in [0, 0.05) is 23.3 Å². The summed E-state index contributed by atoms with van der Waals surface area (Å²) >= 11 is 6.00. The van der Waals surface area contributed by atoms with Gasteiger partial charge in [-0.2, -0.15) is 0 Å². The van der Waals surface area contributed by atoms with Gasteiger partial charge < -0.3 is 15.4 Å². The van der Waals surface area contributed by atoms with E-state index in [2.05, 4.69) is 22.6 Å². The van der Waals surface area contributed by atoms with Crippen LogP contribution in [0, 0.1) is 0 Å². The third-order valence-corrected chi connectivity index (χ3v) is 5.71. The van der Waals surface area contributed by atoms with Crippen molar-refractivity contribution in [3.05, 3.63) is 46.1 Å². The van der Waals surface area contributed by atoms with Crippen molar-refractivity contribution in [3.8, 4) is 0 Å². The molecular weight excluding hydrogens is 378 g/mol. The second-order valence-corrected chi connectivity index (χ2v) is 7.84. The van der Waals surface area contributed by atoms with Gasteiger partial charge >= 0.3 is 12.0 Å². The van der Waals surface area contributed by atoms with Crippen LogP contribution < -0.4 is 10.6 Å². The molecule has 1 aliphatic heterocycles. The number of urea groups is 1. The van der Waals surface area contributed by atoms with E-state index in [0.29, 0.717) is 28.9 Å². The fourth-order valence-electron chi connectivity index (χ4n) is 4.00. The zero-order valence-corrected chi connectivity index (χ0v) is 17.2. The van der Waals surface area contributed by atoms with Crippen molar-refractivity contribution in [3.63, 3.8) is 0 Å². The Morgan fingerprint density at radius 2 is 1.89 bits per heavy atom. The summed E-state index contributed by atoms with van der Waals surface area (Å²) in [4.78, 5) is 27.4. The second-order valence-electron chi connectivity index (χ2n) is 7.40. The fourth-order valence-corrected chi connectivity index (χ4v) is 4.12. The molecule has 152 valence electrons. The van der Waals surface area contributed by atoms with Gasteiger partial charge in [-0.05, 0) is 44.5 Å². The molecule has 1 saturated carbocycles. The van der Waals surface area contributed by atoms with Crippen LogP contribution in [0.3, 0.4) is 0 Å². The van der Waals surface area contributed by atoms with Crippen LogP contribution in [0.15, 0.2) is 35.5 Å². The summed E-state index contributed by atoms with van der Waals surface area (Å²) in [5.41, 5.74) is 1.85. The highest BCUT2D eigenvalue weighted by Crippen LogP contribution is 2.30. The Labute approximate surface area is 171 Å². The lowest BCUT2D eigenvalue weighted by atomic mass is 9.93. The number of carbonyl (C=O) groups excluding carboxylic acids is 2. The van der Waals surface area contributed by atoms with E-state index in [1.165, 1.54) is 19.3 Å².